The first-order valence-corrected chi connectivity index (χ1v) is 8.26. The van der Waals surface area contributed by atoms with Gasteiger partial charge in [0.15, 0.2) is 0 Å². The molecule has 0 aliphatic rings. The van der Waals surface area contributed by atoms with Gasteiger partial charge < -0.3 is 4.74 Å². The smallest absolute Gasteiger partial charge is 0.262 e. The Morgan fingerprint density at radius 3 is 2.27 bits per heavy atom. The number of carbonyl (C=O) groups excluding carboxylic acids is 1. The van der Waals surface area contributed by atoms with Crippen molar-refractivity contribution < 1.29 is 23.2 Å². The fourth-order valence-corrected chi connectivity index (χ4v) is 3.18. The normalized spacial score (nSPS) is 13.5. The van der Waals surface area contributed by atoms with Gasteiger partial charge in [0.2, 0.25) is 10.0 Å². The summed E-state index contributed by atoms with van der Waals surface area (Å²) in [6.07, 6.45) is 0.538. The van der Waals surface area contributed by atoms with E-state index in [0.29, 0.717) is 12.2 Å². The molecule has 7 nitrogen and oxygen atoms in total. The number of nitrogens with one attached hydrogen (secondary N) is 2. The number of benzene rings is 1. The van der Waals surface area contributed by atoms with Gasteiger partial charge in [-0.3, -0.25) is 10.0 Å². The highest BCUT2D eigenvalue weighted by molar-refractivity contribution is 7.89. The number of hydrogen-bond donors (Lipinski definition) is 3. The number of ether oxygens (including phenoxy) is 1. The number of carbonyl (C=O) groups is 1. The molecule has 0 saturated carbocycles. The molecule has 0 aliphatic heterocycles. The zero-order valence-corrected chi connectivity index (χ0v) is 13.9. The summed E-state index contributed by atoms with van der Waals surface area (Å²) in [4.78, 5) is 11.8. The molecule has 124 valence electrons. The van der Waals surface area contributed by atoms with Crippen molar-refractivity contribution in [1.29, 1.82) is 0 Å². The van der Waals surface area contributed by atoms with Crippen LogP contribution in [0.3, 0.4) is 0 Å². The second-order valence-electron chi connectivity index (χ2n) is 5.55. The highest BCUT2D eigenvalue weighted by Gasteiger charge is 2.37. The van der Waals surface area contributed by atoms with Gasteiger partial charge in [-0.2, -0.15) is 4.72 Å². The molecule has 0 aliphatic carbocycles. The molecule has 0 heterocycles. The van der Waals surface area contributed by atoms with Crippen LogP contribution in [0.4, 0.5) is 0 Å². The van der Waals surface area contributed by atoms with Gasteiger partial charge in [-0.25, -0.2) is 13.9 Å². The molecule has 0 aromatic heterocycles. The van der Waals surface area contributed by atoms with E-state index in [1.165, 1.54) is 36.9 Å². The molecular weight excluding hydrogens is 308 g/mol. The number of hydroxylamine groups is 1. The van der Waals surface area contributed by atoms with E-state index in [9.17, 15) is 13.2 Å². The molecule has 0 bridgehead atoms. The summed E-state index contributed by atoms with van der Waals surface area (Å²) in [6.45, 7) is 5.31. The van der Waals surface area contributed by atoms with Gasteiger partial charge in [0, 0.05) is 0 Å². The molecule has 22 heavy (non-hydrogen) atoms. The monoisotopic (exact) mass is 330 g/mol. The van der Waals surface area contributed by atoms with Crippen LogP contribution in [0.15, 0.2) is 29.2 Å². The molecule has 1 amide bonds. The zero-order chi connectivity index (χ0) is 17.0. The van der Waals surface area contributed by atoms with E-state index in [1.54, 1.807) is 13.8 Å². The van der Waals surface area contributed by atoms with E-state index in [2.05, 4.69) is 4.72 Å². The molecule has 0 radical (unpaired) electrons. The van der Waals surface area contributed by atoms with Crippen LogP contribution in [0.2, 0.25) is 0 Å². The largest absolute Gasteiger partial charge is 0.497 e. The quantitative estimate of drug-likeness (QED) is 0.516. The van der Waals surface area contributed by atoms with Gasteiger partial charge in [0.05, 0.1) is 12.0 Å². The van der Waals surface area contributed by atoms with Crippen molar-refractivity contribution in [2.75, 3.05) is 7.11 Å². The minimum absolute atomic E-state index is 0.0101. The molecule has 1 aromatic rings. The fraction of sp³-hybridized carbons (Fsp3) is 0.500. The molecule has 0 spiro atoms. The van der Waals surface area contributed by atoms with Crippen molar-refractivity contribution in [3.63, 3.8) is 0 Å². The molecule has 8 heteroatoms. The van der Waals surface area contributed by atoms with Crippen LogP contribution in [0.25, 0.3) is 0 Å². The maximum Gasteiger partial charge on any atom is 0.262 e. The summed E-state index contributed by atoms with van der Waals surface area (Å²) in [7, 11) is -2.43. The topological polar surface area (TPSA) is 105 Å². The summed E-state index contributed by atoms with van der Waals surface area (Å²) in [5.74, 6) is -0.276. The zero-order valence-electron chi connectivity index (χ0n) is 13.1. The minimum atomic E-state index is -3.91. The Labute approximate surface area is 130 Å². The summed E-state index contributed by atoms with van der Waals surface area (Å²) >= 11 is 0. The lowest BCUT2D eigenvalue weighted by Gasteiger charge is -2.32. The molecule has 1 aromatic carbocycles. The van der Waals surface area contributed by atoms with Gasteiger partial charge in [-0.1, -0.05) is 20.8 Å². The van der Waals surface area contributed by atoms with E-state index in [-0.39, 0.29) is 4.90 Å². The molecule has 1 atom stereocenters. The summed E-state index contributed by atoms with van der Waals surface area (Å²) in [5, 5.41) is 8.85. The SMILES string of the molecule is CCC(C)(C)C(NS(=O)(=O)c1ccc(OC)cc1)C(=O)NO. The highest BCUT2D eigenvalue weighted by atomic mass is 32.2. The lowest BCUT2D eigenvalue weighted by Crippen LogP contribution is -2.53. The molecule has 0 saturated heterocycles. The van der Waals surface area contributed by atoms with Crippen LogP contribution in [-0.2, 0) is 14.8 Å². The Morgan fingerprint density at radius 1 is 1.32 bits per heavy atom. The number of rotatable bonds is 7. The van der Waals surface area contributed by atoms with Crippen LogP contribution >= 0.6 is 0 Å². The summed E-state index contributed by atoms with van der Waals surface area (Å²) in [5.41, 5.74) is 0.838. The average molecular weight is 330 g/mol. The first kappa shape index (κ1) is 18.4. The number of hydrogen-bond acceptors (Lipinski definition) is 5. The predicted octanol–water partition coefficient (Wildman–Crippen LogP) is 1.28. The number of amides is 1. The van der Waals surface area contributed by atoms with E-state index in [1.807, 2.05) is 6.92 Å². The number of methoxy groups -OCH3 is 1. The van der Waals surface area contributed by atoms with Crippen LogP contribution in [0.5, 0.6) is 5.75 Å². The van der Waals surface area contributed by atoms with Crippen LogP contribution in [0.1, 0.15) is 27.2 Å². The summed E-state index contributed by atoms with van der Waals surface area (Å²) in [6, 6.07) is 4.69. The Morgan fingerprint density at radius 2 is 1.86 bits per heavy atom. The average Bonchev–Trinajstić information content (AvgIpc) is 2.51. The molecule has 1 unspecified atom stereocenters. The van der Waals surface area contributed by atoms with Crippen molar-refractivity contribution in [2.24, 2.45) is 5.41 Å². The lowest BCUT2D eigenvalue weighted by molar-refractivity contribution is -0.133. The third-order valence-electron chi connectivity index (χ3n) is 3.71. The maximum atomic E-state index is 12.4. The van der Waals surface area contributed by atoms with E-state index < -0.39 is 27.4 Å². The van der Waals surface area contributed by atoms with Crippen LogP contribution < -0.4 is 14.9 Å². The van der Waals surface area contributed by atoms with E-state index in [0.717, 1.165) is 0 Å². The van der Waals surface area contributed by atoms with Crippen molar-refractivity contribution in [1.82, 2.24) is 10.2 Å². The third-order valence-corrected chi connectivity index (χ3v) is 5.15. The standard InChI is InChI=1S/C14H22N2O5S/c1-5-14(2,3)12(13(17)15-18)16-22(19,20)11-8-6-10(21-4)7-9-11/h6-9,12,16,18H,5H2,1-4H3,(H,15,17). The second-order valence-corrected chi connectivity index (χ2v) is 7.26. The van der Waals surface area contributed by atoms with Crippen molar-refractivity contribution >= 4 is 15.9 Å². The predicted molar refractivity (Wildman–Crippen MR) is 81.1 cm³/mol. The van der Waals surface area contributed by atoms with Crippen molar-refractivity contribution in [3.8, 4) is 5.75 Å². The first-order chi connectivity index (χ1) is 10.2. The van der Waals surface area contributed by atoms with Crippen molar-refractivity contribution in [3.05, 3.63) is 24.3 Å². The first-order valence-electron chi connectivity index (χ1n) is 6.78. The number of sulfonamides is 1. The Hall–Kier alpha value is -1.64. The Bertz CT molecular complexity index is 611. The van der Waals surface area contributed by atoms with Crippen LogP contribution in [-0.4, -0.2) is 32.7 Å². The minimum Gasteiger partial charge on any atom is -0.497 e. The Balaban J connectivity index is 3.12. The van der Waals surface area contributed by atoms with Gasteiger partial charge in [-0.15, -0.1) is 0 Å². The van der Waals surface area contributed by atoms with Crippen LogP contribution in [0, 0.1) is 5.41 Å². The van der Waals surface area contributed by atoms with Crippen molar-refractivity contribution in [2.45, 2.75) is 38.1 Å². The Kier molecular flexibility index (Phi) is 5.92. The molecule has 0 fully saturated rings. The molecule has 1 rings (SSSR count). The fourth-order valence-electron chi connectivity index (χ4n) is 1.81. The van der Waals surface area contributed by atoms with Gasteiger partial charge >= 0.3 is 0 Å². The second kappa shape index (κ2) is 7.08. The van der Waals surface area contributed by atoms with E-state index >= 15 is 0 Å². The molecule has 3 N–H and O–H groups in total. The van der Waals surface area contributed by atoms with Gasteiger partial charge in [-0.05, 0) is 36.1 Å². The van der Waals surface area contributed by atoms with E-state index in [4.69, 9.17) is 9.94 Å². The highest BCUT2D eigenvalue weighted by Crippen LogP contribution is 2.27. The van der Waals surface area contributed by atoms with Gasteiger partial charge in [0.25, 0.3) is 5.91 Å². The third kappa shape index (κ3) is 4.19. The maximum absolute atomic E-state index is 12.4. The van der Waals surface area contributed by atoms with Gasteiger partial charge in [0.1, 0.15) is 11.8 Å². The summed E-state index contributed by atoms with van der Waals surface area (Å²) < 4.78 is 32.1. The lowest BCUT2D eigenvalue weighted by atomic mass is 9.82. The molecular formula is C14H22N2O5S.